The first-order valence-electron chi connectivity index (χ1n) is 8.58. The van der Waals surface area contributed by atoms with Gasteiger partial charge < -0.3 is 10.5 Å². The highest BCUT2D eigenvalue weighted by Gasteiger charge is 2.13. The fraction of sp³-hybridized carbons (Fsp3) is 0.368. The molecule has 2 aromatic rings. The lowest BCUT2D eigenvalue weighted by atomic mass is 10.2. The summed E-state index contributed by atoms with van der Waals surface area (Å²) < 4.78 is 32.7. The minimum absolute atomic E-state index is 0.203. The van der Waals surface area contributed by atoms with Crippen LogP contribution in [0.4, 0.5) is 5.69 Å². The Bertz CT molecular complexity index is 741. The quantitative estimate of drug-likeness (QED) is 0.499. The lowest BCUT2D eigenvalue weighted by Gasteiger charge is -2.09. The second-order valence-corrected chi connectivity index (χ2v) is 7.71. The SMILES string of the molecule is CCCCCCOc1ccc(CNS(=O)(=O)c2ccc(N)cc2)cc1. The second kappa shape index (κ2) is 9.44. The molecule has 0 unspecified atom stereocenters. The van der Waals surface area contributed by atoms with E-state index in [9.17, 15) is 8.42 Å². The maximum atomic E-state index is 12.2. The molecule has 136 valence electrons. The molecule has 0 aliphatic heterocycles. The molecule has 0 saturated heterocycles. The van der Waals surface area contributed by atoms with Gasteiger partial charge in [-0.15, -0.1) is 0 Å². The van der Waals surface area contributed by atoms with Gasteiger partial charge in [0, 0.05) is 12.2 Å². The number of unbranched alkanes of at least 4 members (excludes halogenated alkanes) is 3. The number of anilines is 1. The van der Waals surface area contributed by atoms with Crippen LogP contribution in [-0.2, 0) is 16.6 Å². The van der Waals surface area contributed by atoms with Crippen molar-refractivity contribution >= 4 is 15.7 Å². The van der Waals surface area contributed by atoms with Gasteiger partial charge in [0.25, 0.3) is 0 Å². The highest BCUT2D eigenvalue weighted by atomic mass is 32.2. The summed E-state index contributed by atoms with van der Waals surface area (Å²) in [6, 6.07) is 13.6. The molecule has 0 aliphatic rings. The lowest BCUT2D eigenvalue weighted by molar-refractivity contribution is 0.305. The highest BCUT2D eigenvalue weighted by molar-refractivity contribution is 7.89. The van der Waals surface area contributed by atoms with Gasteiger partial charge in [0.2, 0.25) is 10.0 Å². The van der Waals surface area contributed by atoms with Crippen LogP contribution >= 0.6 is 0 Å². The summed E-state index contributed by atoms with van der Waals surface area (Å²) in [5.41, 5.74) is 6.98. The van der Waals surface area contributed by atoms with Crippen molar-refractivity contribution in [1.29, 1.82) is 0 Å². The molecule has 0 atom stereocenters. The maximum absolute atomic E-state index is 12.2. The first kappa shape index (κ1) is 19.3. The molecule has 0 aromatic heterocycles. The number of sulfonamides is 1. The summed E-state index contributed by atoms with van der Waals surface area (Å²) in [5.74, 6) is 0.807. The van der Waals surface area contributed by atoms with Gasteiger partial charge in [-0.05, 0) is 48.4 Å². The van der Waals surface area contributed by atoms with Crippen LogP contribution in [0.1, 0.15) is 38.2 Å². The van der Waals surface area contributed by atoms with Crippen LogP contribution < -0.4 is 15.2 Å². The predicted octanol–water partition coefficient (Wildman–Crippen LogP) is 3.71. The summed E-state index contributed by atoms with van der Waals surface area (Å²) in [6.45, 7) is 3.12. The van der Waals surface area contributed by atoms with Crippen molar-refractivity contribution in [2.24, 2.45) is 0 Å². The normalized spacial score (nSPS) is 11.4. The Labute approximate surface area is 150 Å². The molecular weight excluding hydrogens is 336 g/mol. The molecule has 2 rings (SSSR count). The zero-order valence-electron chi connectivity index (χ0n) is 14.6. The molecule has 0 saturated carbocycles. The third kappa shape index (κ3) is 6.40. The summed E-state index contributed by atoms with van der Waals surface area (Å²) in [4.78, 5) is 0.203. The van der Waals surface area contributed by atoms with Crippen molar-refractivity contribution < 1.29 is 13.2 Å². The van der Waals surface area contributed by atoms with Gasteiger partial charge in [-0.3, -0.25) is 0 Å². The van der Waals surface area contributed by atoms with E-state index in [0.717, 1.165) is 17.7 Å². The average molecular weight is 362 g/mol. The van der Waals surface area contributed by atoms with E-state index in [1.165, 1.54) is 31.4 Å². The molecule has 6 heteroatoms. The second-order valence-electron chi connectivity index (χ2n) is 5.95. The molecule has 0 radical (unpaired) electrons. The third-order valence-corrected chi connectivity index (χ3v) is 5.26. The number of ether oxygens (including phenoxy) is 1. The number of hydrogen-bond donors (Lipinski definition) is 2. The van der Waals surface area contributed by atoms with Crippen LogP contribution in [0.5, 0.6) is 5.75 Å². The fourth-order valence-electron chi connectivity index (χ4n) is 2.33. The first-order chi connectivity index (χ1) is 12.0. The number of hydrogen-bond acceptors (Lipinski definition) is 4. The van der Waals surface area contributed by atoms with Crippen LogP contribution in [0, 0.1) is 0 Å². The predicted molar refractivity (Wildman–Crippen MR) is 101 cm³/mol. The fourth-order valence-corrected chi connectivity index (χ4v) is 3.35. The van der Waals surface area contributed by atoms with E-state index in [0.29, 0.717) is 12.3 Å². The lowest BCUT2D eigenvalue weighted by Crippen LogP contribution is -2.23. The standard InChI is InChI=1S/C19H26N2O3S/c1-2-3-4-5-14-24-18-10-6-16(7-11-18)15-21-25(22,23)19-12-8-17(20)9-13-19/h6-13,21H,2-5,14-15,20H2,1H3. The summed E-state index contributed by atoms with van der Waals surface area (Å²) in [5, 5.41) is 0. The smallest absolute Gasteiger partial charge is 0.240 e. The molecule has 0 bridgehead atoms. The monoisotopic (exact) mass is 362 g/mol. The van der Waals surface area contributed by atoms with E-state index >= 15 is 0 Å². The molecule has 0 spiro atoms. The van der Waals surface area contributed by atoms with E-state index < -0.39 is 10.0 Å². The van der Waals surface area contributed by atoms with Gasteiger partial charge in [-0.25, -0.2) is 13.1 Å². The molecule has 25 heavy (non-hydrogen) atoms. The van der Waals surface area contributed by atoms with Crippen LogP contribution in [0.25, 0.3) is 0 Å². The minimum Gasteiger partial charge on any atom is -0.494 e. The molecular formula is C19H26N2O3S. The van der Waals surface area contributed by atoms with Crippen molar-refractivity contribution in [2.45, 2.75) is 44.0 Å². The summed E-state index contributed by atoms with van der Waals surface area (Å²) >= 11 is 0. The highest BCUT2D eigenvalue weighted by Crippen LogP contribution is 2.15. The van der Waals surface area contributed by atoms with E-state index in [-0.39, 0.29) is 11.4 Å². The zero-order chi connectivity index (χ0) is 18.1. The molecule has 3 N–H and O–H groups in total. The number of nitrogen functional groups attached to an aromatic ring is 1. The van der Waals surface area contributed by atoms with Crippen LogP contribution in [0.3, 0.4) is 0 Å². The average Bonchev–Trinajstić information content (AvgIpc) is 2.61. The Morgan fingerprint density at radius 3 is 2.28 bits per heavy atom. The van der Waals surface area contributed by atoms with Crippen molar-refractivity contribution in [2.75, 3.05) is 12.3 Å². The Kier molecular flexibility index (Phi) is 7.28. The Morgan fingerprint density at radius 2 is 1.64 bits per heavy atom. The van der Waals surface area contributed by atoms with Gasteiger partial charge in [0.05, 0.1) is 11.5 Å². The van der Waals surface area contributed by atoms with Crippen molar-refractivity contribution in [3.8, 4) is 5.75 Å². The maximum Gasteiger partial charge on any atom is 0.240 e. The topological polar surface area (TPSA) is 81.4 Å². The third-order valence-electron chi connectivity index (χ3n) is 3.85. The molecule has 2 aromatic carbocycles. The largest absolute Gasteiger partial charge is 0.494 e. The molecule has 0 fully saturated rings. The number of nitrogens with one attached hydrogen (secondary N) is 1. The molecule has 0 aliphatic carbocycles. The minimum atomic E-state index is -3.55. The Balaban J connectivity index is 1.83. The van der Waals surface area contributed by atoms with E-state index in [1.54, 1.807) is 12.1 Å². The molecule has 5 nitrogen and oxygen atoms in total. The number of nitrogens with two attached hydrogens (primary N) is 1. The Morgan fingerprint density at radius 1 is 0.960 bits per heavy atom. The van der Waals surface area contributed by atoms with Gasteiger partial charge in [-0.2, -0.15) is 0 Å². The van der Waals surface area contributed by atoms with Gasteiger partial charge in [-0.1, -0.05) is 38.3 Å². The van der Waals surface area contributed by atoms with Crippen molar-refractivity contribution in [3.63, 3.8) is 0 Å². The van der Waals surface area contributed by atoms with Gasteiger partial charge in [0.1, 0.15) is 5.75 Å². The van der Waals surface area contributed by atoms with E-state index in [2.05, 4.69) is 11.6 Å². The van der Waals surface area contributed by atoms with Gasteiger partial charge in [0.15, 0.2) is 0 Å². The molecule has 0 amide bonds. The van der Waals surface area contributed by atoms with Crippen LogP contribution in [0.15, 0.2) is 53.4 Å². The van der Waals surface area contributed by atoms with E-state index in [1.807, 2.05) is 24.3 Å². The Hall–Kier alpha value is -2.05. The molecule has 0 heterocycles. The first-order valence-corrected chi connectivity index (χ1v) is 10.1. The van der Waals surface area contributed by atoms with E-state index in [4.69, 9.17) is 10.5 Å². The van der Waals surface area contributed by atoms with Crippen LogP contribution in [-0.4, -0.2) is 15.0 Å². The summed E-state index contributed by atoms with van der Waals surface area (Å²) in [7, 11) is -3.55. The number of rotatable bonds is 10. The number of benzene rings is 2. The summed E-state index contributed by atoms with van der Waals surface area (Å²) in [6.07, 6.45) is 4.68. The van der Waals surface area contributed by atoms with Crippen molar-refractivity contribution in [3.05, 3.63) is 54.1 Å². The zero-order valence-corrected chi connectivity index (χ0v) is 15.4. The van der Waals surface area contributed by atoms with Crippen LogP contribution in [0.2, 0.25) is 0 Å². The van der Waals surface area contributed by atoms with Crippen molar-refractivity contribution in [1.82, 2.24) is 4.72 Å². The van der Waals surface area contributed by atoms with Gasteiger partial charge >= 0.3 is 0 Å².